The zero-order chi connectivity index (χ0) is 14.0. The molecular formula is C18H26O2. The van der Waals surface area contributed by atoms with Crippen LogP contribution in [0.1, 0.15) is 64.7 Å². The summed E-state index contributed by atoms with van der Waals surface area (Å²) in [7, 11) is 0. The molecule has 5 atom stereocenters. The lowest BCUT2D eigenvalue weighted by Crippen LogP contribution is -2.54. The molecule has 3 saturated carbocycles. The molecule has 110 valence electrons. The summed E-state index contributed by atoms with van der Waals surface area (Å²) in [6, 6.07) is 0. The van der Waals surface area contributed by atoms with Gasteiger partial charge >= 0.3 is 0 Å². The molecule has 4 rings (SSSR count). The molecule has 4 unspecified atom stereocenters. The van der Waals surface area contributed by atoms with E-state index in [0.717, 1.165) is 17.9 Å². The molecule has 1 N–H and O–H groups in total. The van der Waals surface area contributed by atoms with Crippen LogP contribution in [0, 0.1) is 23.2 Å². The minimum absolute atomic E-state index is 0.227. The Morgan fingerprint density at radius 2 is 1.95 bits per heavy atom. The van der Waals surface area contributed by atoms with Crippen molar-refractivity contribution in [3.63, 3.8) is 0 Å². The highest BCUT2D eigenvalue weighted by molar-refractivity contribution is 5.92. The van der Waals surface area contributed by atoms with Crippen molar-refractivity contribution in [2.45, 2.75) is 70.3 Å². The minimum Gasteiger partial charge on any atom is -0.385 e. The molecule has 2 heteroatoms. The second-order valence-electron chi connectivity index (χ2n) is 8.06. The standard InChI is InChI=1S/C18H26O2/c1-17-8-2-3-15(17)14-5-4-12-11-13(19)6-10-18(12,20)16(14)7-9-17/h11,14-16,20H,2-10H2,1H3/t14?,15?,16?,17?,18-/m1/s1. The second-order valence-corrected chi connectivity index (χ2v) is 8.06. The largest absolute Gasteiger partial charge is 0.385 e. The summed E-state index contributed by atoms with van der Waals surface area (Å²) < 4.78 is 0. The number of carbonyl (C=O) groups excluding carboxylic acids is 1. The topological polar surface area (TPSA) is 37.3 Å². The highest BCUT2D eigenvalue weighted by Gasteiger charge is 2.57. The first-order valence-corrected chi connectivity index (χ1v) is 8.49. The first-order chi connectivity index (χ1) is 9.53. The van der Waals surface area contributed by atoms with Crippen LogP contribution >= 0.6 is 0 Å². The molecule has 0 aromatic heterocycles. The van der Waals surface area contributed by atoms with E-state index in [9.17, 15) is 9.90 Å². The predicted octanol–water partition coefficient (Wildman–Crippen LogP) is 3.63. The Hall–Kier alpha value is -0.630. The number of hydrogen-bond donors (Lipinski definition) is 1. The summed E-state index contributed by atoms with van der Waals surface area (Å²) in [4.78, 5) is 11.7. The van der Waals surface area contributed by atoms with Crippen molar-refractivity contribution in [3.8, 4) is 0 Å². The van der Waals surface area contributed by atoms with Crippen molar-refractivity contribution in [1.82, 2.24) is 0 Å². The quantitative estimate of drug-likeness (QED) is 0.732. The van der Waals surface area contributed by atoms with Gasteiger partial charge in [-0.1, -0.05) is 13.3 Å². The van der Waals surface area contributed by atoms with Crippen LogP contribution < -0.4 is 0 Å². The maximum absolute atomic E-state index is 11.7. The molecule has 4 aliphatic rings. The van der Waals surface area contributed by atoms with Crippen molar-refractivity contribution in [1.29, 1.82) is 0 Å². The second kappa shape index (κ2) is 4.19. The Balaban J connectivity index is 1.69. The Bertz CT molecular complexity index is 480. The van der Waals surface area contributed by atoms with E-state index in [4.69, 9.17) is 0 Å². The summed E-state index contributed by atoms with van der Waals surface area (Å²) in [5.74, 6) is 2.17. The van der Waals surface area contributed by atoms with Crippen LogP contribution in [0.3, 0.4) is 0 Å². The molecule has 0 bridgehead atoms. The number of rotatable bonds is 0. The average Bonchev–Trinajstić information content (AvgIpc) is 2.81. The predicted molar refractivity (Wildman–Crippen MR) is 78.2 cm³/mol. The van der Waals surface area contributed by atoms with Crippen LogP contribution in [0.4, 0.5) is 0 Å². The van der Waals surface area contributed by atoms with Gasteiger partial charge in [-0.2, -0.15) is 0 Å². The fourth-order valence-electron chi connectivity index (χ4n) is 6.18. The monoisotopic (exact) mass is 274 g/mol. The lowest BCUT2D eigenvalue weighted by molar-refractivity contribution is -0.124. The number of aliphatic hydroxyl groups is 1. The molecule has 0 aliphatic heterocycles. The molecule has 0 aromatic rings. The molecule has 0 radical (unpaired) electrons. The molecular weight excluding hydrogens is 248 g/mol. The fraction of sp³-hybridized carbons (Fsp3) is 0.833. The molecule has 2 nitrogen and oxygen atoms in total. The normalized spacial score (nSPS) is 51.0. The third kappa shape index (κ3) is 1.63. The minimum atomic E-state index is -0.638. The molecule has 20 heavy (non-hydrogen) atoms. The van der Waals surface area contributed by atoms with Gasteiger partial charge in [-0.25, -0.2) is 0 Å². The maximum atomic E-state index is 11.7. The van der Waals surface area contributed by atoms with Crippen molar-refractivity contribution in [2.24, 2.45) is 23.2 Å². The maximum Gasteiger partial charge on any atom is 0.155 e. The van der Waals surface area contributed by atoms with E-state index in [1.165, 1.54) is 38.5 Å². The summed E-state index contributed by atoms with van der Waals surface area (Å²) in [5, 5.41) is 11.3. The van der Waals surface area contributed by atoms with Gasteiger partial charge in [0.2, 0.25) is 0 Å². The van der Waals surface area contributed by atoms with Gasteiger partial charge in [0.05, 0.1) is 5.60 Å². The third-order valence-electron chi connectivity index (χ3n) is 7.22. The summed E-state index contributed by atoms with van der Waals surface area (Å²) >= 11 is 0. The molecule has 0 amide bonds. The summed E-state index contributed by atoms with van der Waals surface area (Å²) in [5.41, 5.74) is 0.973. The first kappa shape index (κ1) is 13.1. The van der Waals surface area contributed by atoms with Gasteiger partial charge in [-0.15, -0.1) is 0 Å². The lowest BCUT2D eigenvalue weighted by Gasteiger charge is -2.56. The SMILES string of the molecule is CC12CCCC1C1CCC3=CC(=O)CC[C@]3(O)C1CC2. The smallest absolute Gasteiger partial charge is 0.155 e. The first-order valence-electron chi connectivity index (χ1n) is 8.49. The van der Waals surface area contributed by atoms with Gasteiger partial charge in [0.15, 0.2) is 5.78 Å². The highest BCUT2D eigenvalue weighted by Crippen LogP contribution is 2.62. The van der Waals surface area contributed by atoms with E-state index >= 15 is 0 Å². The van der Waals surface area contributed by atoms with Gasteiger partial charge in [0.25, 0.3) is 0 Å². The number of carbonyl (C=O) groups is 1. The van der Waals surface area contributed by atoms with Crippen LogP contribution in [0.25, 0.3) is 0 Å². The van der Waals surface area contributed by atoms with Gasteiger partial charge in [-0.05, 0) is 79.8 Å². The van der Waals surface area contributed by atoms with Gasteiger partial charge in [-0.3, -0.25) is 4.79 Å². The molecule has 0 heterocycles. The van der Waals surface area contributed by atoms with Crippen molar-refractivity contribution in [3.05, 3.63) is 11.6 Å². The van der Waals surface area contributed by atoms with E-state index in [2.05, 4.69) is 6.92 Å². The number of ketones is 1. The van der Waals surface area contributed by atoms with Crippen molar-refractivity contribution in [2.75, 3.05) is 0 Å². The van der Waals surface area contributed by atoms with E-state index < -0.39 is 5.60 Å². The fourth-order valence-corrected chi connectivity index (χ4v) is 6.18. The summed E-state index contributed by atoms with van der Waals surface area (Å²) in [6.45, 7) is 2.49. The summed E-state index contributed by atoms with van der Waals surface area (Å²) in [6.07, 6.45) is 11.7. The van der Waals surface area contributed by atoms with Gasteiger partial charge < -0.3 is 5.11 Å². The Kier molecular flexibility index (Phi) is 2.74. The number of hydrogen-bond acceptors (Lipinski definition) is 2. The molecule has 0 saturated heterocycles. The Labute approximate surface area is 121 Å². The van der Waals surface area contributed by atoms with Crippen LogP contribution in [-0.4, -0.2) is 16.5 Å². The van der Waals surface area contributed by atoms with Crippen LogP contribution in [0.5, 0.6) is 0 Å². The van der Waals surface area contributed by atoms with E-state index in [1.54, 1.807) is 6.08 Å². The van der Waals surface area contributed by atoms with Crippen LogP contribution in [-0.2, 0) is 4.79 Å². The van der Waals surface area contributed by atoms with Crippen molar-refractivity contribution >= 4 is 5.78 Å². The lowest BCUT2D eigenvalue weighted by atomic mass is 9.51. The Morgan fingerprint density at radius 1 is 1.10 bits per heavy atom. The van der Waals surface area contributed by atoms with Gasteiger partial charge in [0.1, 0.15) is 0 Å². The van der Waals surface area contributed by atoms with Crippen LogP contribution in [0.2, 0.25) is 0 Å². The highest BCUT2D eigenvalue weighted by atomic mass is 16.3. The van der Waals surface area contributed by atoms with E-state index in [0.29, 0.717) is 30.1 Å². The van der Waals surface area contributed by atoms with Crippen molar-refractivity contribution < 1.29 is 9.90 Å². The zero-order valence-corrected chi connectivity index (χ0v) is 12.5. The molecule has 0 spiro atoms. The molecule has 4 aliphatic carbocycles. The number of fused-ring (bicyclic) bond motifs is 5. The average molecular weight is 274 g/mol. The Morgan fingerprint density at radius 3 is 2.80 bits per heavy atom. The zero-order valence-electron chi connectivity index (χ0n) is 12.5. The molecule has 3 fully saturated rings. The van der Waals surface area contributed by atoms with E-state index in [-0.39, 0.29) is 5.78 Å². The van der Waals surface area contributed by atoms with Crippen LogP contribution in [0.15, 0.2) is 11.6 Å². The molecule has 0 aromatic carbocycles. The third-order valence-corrected chi connectivity index (χ3v) is 7.22. The van der Waals surface area contributed by atoms with Gasteiger partial charge in [0, 0.05) is 6.42 Å². The van der Waals surface area contributed by atoms with E-state index in [1.807, 2.05) is 0 Å².